The normalized spacial score (nSPS) is 24.8. The van der Waals surface area contributed by atoms with Crippen LogP contribution in [0.5, 0.6) is 0 Å². The highest BCUT2D eigenvalue weighted by atomic mass is 15.2. The zero-order valence-corrected chi connectivity index (χ0v) is 13.5. The summed E-state index contributed by atoms with van der Waals surface area (Å²) in [5, 5.41) is 7.09. The van der Waals surface area contributed by atoms with E-state index in [0.29, 0.717) is 12.1 Å². The minimum absolute atomic E-state index is 0.442. The molecule has 0 saturated carbocycles. The van der Waals surface area contributed by atoms with E-state index in [9.17, 15) is 0 Å². The van der Waals surface area contributed by atoms with Crippen molar-refractivity contribution in [1.29, 1.82) is 0 Å². The van der Waals surface area contributed by atoms with Crippen molar-refractivity contribution in [2.75, 3.05) is 13.1 Å². The van der Waals surface area contributed by atoms with Crippen LogP contribution in [0.4, 0.5) is 0 Å². The number of nitrogens with zero attached hydrogens (tertiary/aromatic N) is 2. The number of hydrogen-bond acceptors (Lipinski definition) is 4. The fraction of sp³-hybridized carbons (Fsp3) is 0.500. The molecule has 1 unspecified atom stereocenters. The van der Waals surface area contributed by atoms with Crippen molar-refractivity contribution < 1.29 is 0 Å². The molecule has 0 spiro atoms. The second kappa shape index (κ2) is 6.97. The molecule has 1 fully saturated rings. The maximum Gasteiger partial charge on any atom is 0.0524 e. The van der Waals surface area contributed by atoms with Gasteiger partial charge in [0.15, 0.2) is 0 Å². The predicted octanol–water partition coefficient (Wildman–Crippen LogP) is 2.33. The number of dihydropyridines is 1. The van der Waals surface area contributed by atoms with E-state index in [1.807, 2.05) is 13.1 Å². The van der Waals surface area contributed by atoms with Gasteiger partial charge in [-0.05, 0) is 50.5 Å². The molecule has 4 nitrogen and oxygen atoms in total. The lowest BCUT2D eigenvalue weighted by atomic mass is 10.0. The maximum atomic E-state index is 4.26. The summed E-state index contributed by atoms with van der Waals surface area (Å²) in [6, 6.07) is 5.25. The van der Waals surface area contributed by atoms with Crippen LogP contribution < -0.4 is 10.6 Å². The SMILES string of the molecule is Cc1cc(CN[C@H]2CCCN(C3=CNC(C)C=C3)C2)ccn1. The average Bonchev–Trinajstić information content (AvgIpc) is 2.54. The van der Waals surface area contributed by atoms with E-state index in [4.69, 9.17) is 0 Å². The summed E-state index contributed by atoms with van der Waals surface area (Å²) in [7, 11) is 0. The number of allylic oxidation sites excluding steroid dienone is 1. The summed E-state index contributed by atoms with van der Waals surface area (Å²) in [4.78, 5) is 6.74. The van der Waals surface area contributed by atoms with Crippen molar-refractivity contribution in [2.45, 2.75) is 45.3 Å². The second-order valence-electron chi connectivity index (χ2n) is 6.36. The van der Waals surface area contributed by atoms with Crippen LogP contribution in [0.25, 0.3) is 0 Å². The van der Waals surface area contributed by atoms with Crippen LogP contribution in [0.2, 0.25) is 0 Å². The smallest absolute Gasteiger partial charge is 0.0524 e. The molecule has 3 rings (SSSR count). The van der Waals surface area contributed by atoms with E-state index in [-0.39, 0.29) is 0 Å². The third-order valence-corrected chi connectivity index (χ3v) is 4.39. The number of piperidine rings is 1. The quantitative estimate of drug-likeness (QED) is 0.895. The van der Waals surface area contributed by atoms with Gasteiger partial charge in [0.1, 0.15) is 0 Å². The van der Waals surface area contributed by atoms with Crippen molar-refractivity contribution in [2.24, 2.45) is 0 Å². The molecule has 0 amide bonds. The molecule has 2 aliphatic rings. The molecular weight excluding hydrogens is 272 g/mol. The van der Waals surface area contributed by atoms with Crippen LogP contribution in [0.1, 0.15) is 31.0 Å². The first-order valence-electron chi connectivity index (χ1n) is 8.25. The van der Waals surface area contributed by atoms with Gasteiger partial charge in [-0.1, -0.05) is 6.08 Å². The lowest BCUT2D eigenvalue weighted by Gasteiger charge is -2.36. The molecule has 1 aromatic rings. The van der Waals surface area contributed by atoms with Gasteiger partial charge in [-0.2, -0.15) is 0 Å². The molecule has 1 saturated heterocycles. The van der Waals surface area contributed by atoms with Gasteiger partial charge in [0.05, 0.1) is 5.70 Å². The molecule has 0 radical (unpaired) electrons. The Balaban J connectivity index is 1.54. The number of aromatic nitrogens is 1. The topological polar surface area (TPSA) is 40.2 Å². The summed E-state index contributed by atoms with van der Waals surface area (Å²) in [5.74, 6) is 0. The number of pyridine rings is 1. The highest BCUT2D eigenvalue weighted by molar-refractivity contribution is 5.23. The summed E-state index contributed by atoms with van der Waals surface area (Å²) in [5.41, 5.74) is 3.71. The number of aryl methyl sites for hydroxylation is 1. The number of nitrogens with one attached hydrogen (secondary N) is 2. The van der Waals surface area contributed by atoms with Gasteiger partial charge in [-0.3, -0.25) is 4.98 Å². The van der Waals surface area contributed by atoms with Crippen molar-refractivity contribution >= 4 is 0 Å². The van der Waals surface area contributed by atoms with E-state index in [0.717, 1.165) is 25.3 Å². The Labute approximate surface area is 133 Å². The lowest BCUT2D eigenvalue weighted by molar-refractivity contribution is 0.237. The predicted molar refractivity (Wildman–Crippen MR) is 90.2 cm³/mol. The van der Waals surface area contributed by atoms with Crippen LogP contribution >= 0.6 is 0 Å². The summed E-state index contributed by atoms with van der Waals surface area (Å²) in [6.07, 6.45) is 11.0. The van der Waals surface area contributed by atoms with Gasteiger partial charge >= 0.3 is 0 Å². The standard InChI is InChI=1S/C18H26N4/c1-14-5-6-18(12-20-14)22-9-3-4-17(13-22)21-11-16-7-8-19-15(2)10-16/h5-8,10,12,14,17,20-21H,3-4,9,11,13H2,1-2H3/t14?,17-/m0/s1. The third-order valence-electron chi connectivity index (χ3n) is 4.39. The van der Waals surface area contributed by atoms with Gasteiger partial charge in [-0.25, -0.2) is 0 Å². The number of rotatable bonds is 4. The highest BCUT2D eigenvalue weighted by Crippen LogP contribution is 2.18. The minimum Gasteiger partial charge on any atom is -0.383 e. The Morgan fingerprint density at radius 2 is 2.36 bits per heavy atom. The van der Waals surface area contributed by atoms with E-state index in [2.05, 4.69) is 57.9 Å². The Hall–Kier alpha value is -1.81. The fourth-order valence-electron chi connectivity index (χ4n) is 3.11. The molecular formula is C18H26N4. The Morgan fingerprint density at radius 3 is 3.14 bits per heavy atom. The van der Waals surface area contributed by atoms with Crippen molar-refractivity contribution in [3.8, 4) is 0 Å². The molecule has 1 aromatic heterocycles. The zero-order chi connectivity index (χ0) is 15.4. The van der Waals surface area contributed by atoms with Crippen molar-refractivity contribution in [3.63, 3.8) is 0 Å². The van der Waals surface area contributed by atoms with Gasteiger partial charge in [0.2, 0.25) is 0 Å². The molecule has 0 aromatic carbocycles. The van der Waals surface area contributed by atoms with Gasteiger partial charge in [0.25, 0.3) is 0 Å². The zero-order valence-electron chi connectivity index (χ0n) is 13.5. The van der Waals surface area contributed by atoms with Crippen molar-refractivity contribution in [3.05, 3.63) is 53.6 Å². The van der Waals surface area contributed by atoms with Crippen LogP contribution in [0.3, 0.4) is 0 Å². The third kappa shape index (κ3) is 3.89. The first kappa shape index (κ1) is 15.1. The highest BCUT2D eigenvalue weighted by Gasteiger charge is 2.21. The van der Waals surface area contributed by atoms with Gasteiger partial charge in [-0.15, -0.1) is 0 Å². The summed E-state index contributed by atoms with van der Waals surface area (Å²) >= 11 is 0. The molecule has 4 heteroatoms. The van der Waals surface area contributed by atoms with Gasteiger partial charge < -0.3 is 15.5 Å². The number of hydrogen-bond donors (Lipinski definition) is 2. The van der Waals surface area contributed by atoms with Crippen LogP contribution in [-0.4, -0.2) is 35.1 Å². The molecule has 0 aliphatic carbocycles. The largest absolute Gasteiger partial charge is 0.383 e. The second-order valence-corrected chi connectivity index (χ2v) is 6.36. The Kier molecular flexibility index (Phi) is 4.78. The van der Waals surface area contributed by atoms with Crippen LogP contribution in [-0.2, 0) is 6.54 Å². The number of likely N-dealkylation sites (tertiary alicyclic amines) is 1. The maximum absolute atomic E-state index is 4.26. The Bertz CT molecular complexity index is 564. The molecule has 118 valence electrons. The van der Waals surface area contributed by atoms with E-state index in [1.165, 1.54) is 24.1 Å². The summed E-state index contributed by atoms with van der Waals surface area (Å²) in [6.45, 7) is 7.36. The van der Waals surface area contributed by atoms with Crippen LogP contribution in [0.15, 0.2) is 42.4 Å². The summed E-state index contributed by atoms with van der Waals surface area (Å²) < 4.78 is 0. The first-order chi connectivity index (χ1) is 10.7. The fourth-order valence-corrected chi connectivity index (χ4v) is 3.11. The van der Waals surface area contributed by atoms with Crippen molar-refractivity contribution in [1.82, 2.24) is 20.5 Å². The molecule has 2 atom stereocenters. The Morgan fingerprint density at radius 1 is 1.45 bits per heavy atom. The van der Waals surface area contributed by atoms with E-state index >= 15 is 0 Å². The first-order valence-corrected chi connectivity index (χ1v) is 8.25. The molecule has 0 bridgehead atoms. The van der Waals surface area contributed by atoms with Crippen LogP contribution in [0, 0.1) is 6.92 Å². The van der Waals surface area contributed by atoms with E-state index < -0.39 is 0 Å². The molecule has 2 aliphatic heterocycles. The average molecular weight is 298 g/mol. The minimum atomic E-state index is 0.442. The monoisotopic (exact) mass is 298 g/mol. The van der Waals surface area contributed by atoms with Gasteiger partial charge in [0, 0.05) is 49.8 Å². The molecule has 22 heavy (non-hydrogen) atoms. The lowest BCUT2D eigenvalue weighted by Crippen LogP contribution is -2.45. The molecule has 2 N–H and O–H groups in total. The molecule has 3 heterocycles. The van der Waals surface area contributed by atoms with E-state index in [1.54, 1.807) is 0 Å².